The van der Waals surface area contributed by atoms with E-state index >= 15 is 0 Å². The van der Waals surface area contributed by atoms with Gasteiger partial charge in [-0.3, -0.25) is 0 Å². The molecular formula is C17H10BrFN2O2. The Hall–Kier alpha value is -2.60. The molecule has 0 saturated carbocycles. The van der Waals surface area contributed by atoms with Crippen molar-refractivity contribution in [3.63, 3.8) is 0 Å². The Morgan fingerprint density at radius 3 is 2.35 bits per heavy atom. The molecule has 4 nitrogen and oxygen atoms in total. The minimum atomic E-state index is -0.527. The molecule has 0 aliphatic carbocycles. The van der Waals surface area contributed by atoms with E-state index in [1.807, 2.05) is 0 Å². The zero-order valence-electron chi connectivity index (χ0n) is 11.7. The van der Waals surface area contributed by atoms with Gasteiger partial charge in [0.15, 0.2) is 0 Å². The first-order valence-corrected chi connectivity index (χ1v) is 7.49. The van der Waals surface area contributed by atoms with Gasteiger partial charge in [-0.2, -0.15) is 0 Å². The molecule has 0 saturated heterocycles. The van der Waals surface area contributed by atoms with Gasteiger partial charge < -0.3 is 4.74 Å². The lowest BCUT2D eigenvalue weighted by molar-refractivity contribution is 0.0725. The molecule has 3 aromatic rings. The molecule has 6 heteroatoms. The summed E-state index contributed by atoms with van der Waals surface area (Å²) in [6.45, 7) is 0. The summed E-state index contributed by atoms with van der Waals surface area (Å²) in [4.78, 5) is 12.1. The Labute approximate surface area is 140 Å². The van der Waals surface area contributed by atoms with Crippen molar-refractivity contribution in [1.29, 1.82) is 0 Å². The van der Waals surface area contributed by atoms with E-state index in [1.165, 1.54) is 12.1 Å². The summed E-state index contributed by atoms with van der Waals surface area (Å²) >= 11 is 3.29. The maximum Gasteiger partial charge on any atom is 0.346 e. The van der Waals surface area contributed by atoms with Crippen LogP contribution in [0.4, 0.5) is 4.39 Å². The van der Waals surface area contributed by atoms with Gasteiger partial charge in [0.1, 0.15) is 5.82 Å². The normalized spacial score (nSPS) is 10.3. The molecule has 2 aromatic carbocycles. The van der Waals surface area contributed by atoms with E-state index in [9.17, 15) is 9.18 Å². The van der Waals surface area contributed by atoms with Crippen LogP contribution >= 0.6 is 15.9 Å². The van der Waals surface area contributed by atoms with Crippen molar-refractivity contribution >= 4 is 21.9 Å². The molecule has 0 unspecified atom stereocenters. The number of benzene rings is 2. The Morgan fingerprint density at radius 1 is 0.957 bits per heavy atom. The second kappa shape index (κ2) is 6.66. The predicted octanol–water partition coefficient (Wildman–Crippen LogP) is 4.26. The van der Waals surface area contributed by atoms with Gasteiger partial charge in [0, 0.05) is 16.1 Å². The number of hydrogen-bond acceptors (Lipinski definition) is 4. The van der Waals surface area contributed by atoms with Gasteiger partial charge in [-0.05, 0) is 58.4 Å². The standard InChI is InChI=1S/C17H10BrFN2O2/c18-14-4-2-1-3-13(14)17(22)23-16-10-9-15(20-21-16)11-5-7-12(19)8-6-11/h1-10H. The second-order valence-electron chi connectivity index (χ2n) is 4.63. The van der Waals surface area contributed by atoms with Gasteiger partial charge in [-0.1, -0.05) is 12.1 Å². The first-order valence-electron chi connectivity index (χ1n) is 6.70. The van der Waals surface area contributed by atoms with Gasteiger partial charge in [-0.25, -0.2) is 9.18 Å². The highest BCUT2D eigenvalue weighted by Gasteiger charge is 2.13. The number of nitrogens with zero attached hydrogens (tertiary/aromatic N) is 2. The highest BCUT2D eigenvalue weighted by molar-refractivity contribution is 9.10. The minimum absolute atomic E-state index is 0.0941. The van der Waals surface area contributed by atoms with Crippen LogP contribution in [0.5, 0.6) is 5.88 Å². The highest BCUT2D eigenvalue weighted by Crippen LogP contribution is 2.20. The van der Waals surface area contributed by atoms with E-state index < -0.39 is 5.97 Å². The number of hydrogen-bond donors (Lipinski definition) is 0. The number of aromatic nitrogens is 2. The molecule has 3 rings (SSSR count). The summed E-state index contributed by atoms with van der Waals surface area (Å²) in [7, 11) is 0. The maximum absolute atomic E-state index is 12.9. The third-order valence-electron chi connectivity index (χ3n) is 3.07. The Morgan fingerprint density at radius 2 is 1.70 bits per heavy atom. The molecule has 1 heterocycles. The van der Waals surface area contributed by atoms with Crippen molar-refractivity contribution < 1.29 is 13.9 Å². The maximum atomic E-state index is 12.9. The molecule has 23 heavy (non-hydrogen) atoms. The van der Waals surface area contributed by atoms with Gasteiger partial charge in [0.2, 0.25) is 5.88 Å². The van der Waals surface area contributed by atoms with Crippen molar-refractivity contribution in [1.82, 2.24) is 10.2 Å². The molecule has 0 aliphatic rings. The van der Waals surface area contributed by atoms with Crippen LogP contribution in [0.15, 0.2) is 65.1 Å². The van der Waals surface area contributed by atoms with Crippen molar-refractivity contribution in [3.05, 3.63) is 76.5 Å². The molecule has 0 spiro atoms. The number of esters is 1. The van der Waals surface area contributed by atoms with E-state index in [0.717, 1.165) is 5.56 Å². The summed E-state index contributed by atoms with van der Waals surface area (Å²) in [6.07, 6.45) is 0. The van der Waals surface area contributed by atoms with Crippen LogP contribution in [0, 0.1) is 5.82 Å². The zero-order chi connectivity index (χ0) is 16.2. The average molecular weight is 373 g/mol. The summed E-state index contributed by atoms with van der Waals surface area (Å²) in [5.74, 6) is -0.751. The monoisotopic (exact) mass is 372 g/mol. The third kappa shape index (κ3) is 3.60. The van der Waals surface area contributed by atoms with Crippen LogP contribution in [-0.2, 0) is 0 Å². The second-order valence-corrected chi connectivity index (χ2v) is 5.49. The molecular weight excluding hydrogens is 363 g/mol. The van der Waals surface area contributed by atoms with Crippen molar-refractivity contribution in [2.45, 2.75) is 0 Å². The largest absolute Gasteiger partial charge is 0.402 e. The summed E-state index contributed by atoms with van der Waals surface area (Å²) in [6, 6.07) is 16.0. The Bertz CT molecular complexity index is 836. The van der Waals surface area contributed by atoms with Crippen molar-refractivity contribution in [3.8, 4) is 17.1 Å². The lowest BCUT2D eigenvalue weighted by Crippen LogP contribution is -2.10. The predicted molar refractivity (Wildman–Crippen MR) is 86.5 cm³/mol. The fraction of sp³-hybridized carbons (Fsp3) is 0. The highest BCUT2D eigenvalue weighted by atomic mass is 79.9. The van der Waals surface area contributed by atoms with E-state index in [4.69, 9.17) is 4.74 Å². The minimum Gasteiger partial charge on any atom is -0.402 e. The molecule has 0 fully saturated rings. The fourth-order valence-corrected chi connectivity index (χ4v) is 2.37. The number of carbonyl (C=O) groups excluding carboxylic acids is 1. The molecule has 0 amide bonds. The summed E-state index contributed by atoms with van der Waals surface area (Å²) in [5.41, 5.74) is 1.69. The van der Waals surface area contributed by atoms with Crippen LogP contribution in [-0.4, -0.2) is 16.2 Å². The van der Waals surface area contributed by atoms with Gasteiger partial charge >= 0.3 is 5.97 Å². The van der Waals surface area contributed by atoms with E-state index in [0.29, 0.717) is 15.7 Å². The van der Waals surface area contributed by atoms with Crippen molar-refractivity contribution in [2.75, 3.05) is 0 Å². The summed E-state index contributed by atoms with van der Waals surface area (Å²) in [5, 5.41) is 7.86. The van der Waals surface area contributed by atoms with Crippen molar-refractivity contribution in [2.24, 2.45) is 0 Å². The molecule has 0 aliphatic heterocycles. The number of rotatable bonds is 3. The van der Waals surface area contributed by atoms with Crippen LogP contribution < -0.4 is 4.74 Å². The first kappa shape index (κ1) is 15.3. The zero-order valence-corrected chi connectivity index (χ0v) is 13.3. The molecule has 0 N–H and O–H groups in total. The van der Waals surface area contributed by atoms with Crippen LogP contribution in [0.25, 0.3) is 11.3 Å². The van der Waals surface area contributed by atoms with Gasteiger partial charge in [0.25, 0.3) is 0 Å². The third-order valence-corrected chi connectivity index (χ3v) is 3.76. The van der Waals surface area contributed by atoms with E-state index in [1.54, 1.807) is 48.5 Å². The van der Waals surface area contributed by atoms with Gasteiger partial charge in [-0.15, -0.1) is 10.2 Å². The van der Waals surface area contributed by atoms with Gasteiger partial charge in [0.05, 0.1) is 11.3 Å². The first-order chi connectivity index (χ1) is 11.1. The van der Waals surface area contributed by atoms with E-state index in [-0.39, 0.29) is 11.7 Å². The quantitative estimate of drug-likeness (QED) is 0.644. The number of halogens is 2. The lowest BCUT2D eigenvalue weighted by atomic mass is 10.1. The lowest BCUT2D eigenvalue weighted by Gasteiger charge is -2.05. The molecule has 0 bridgehead atoms. The van der Waals surface area contributed by atoms with Crippen LogP contribution in [0.2, 0.25) is 0 Å². The summed E-state index contributed by atoms with van der Waals surface area (Å²) < 4.78 is 18.7. The molecule has 0 atom stereocenters. The van der Waals surface area contributed by atoms with Crippen LogP contribution in [0.3, 0.4) is 0 Å². The SMILES string of the molecule is O=C(Oc1ccc(-c2ccc(F)cc2)nn1)c1ccccc1Br. The molecule has 1 aromatic heterocycles. The Kier molecular flexibility index (Phi) is 4.43. The topological polar surface area (TPSA) is 52.1 Å². The van der Waals surface area contributed by atoms with Crippen LogP contribution in [0.1, 0.15) is 10.4 Å². The average Bonchev–Trinajstić information content (AvgIpc) is 2.57. The fourth-order valence-electron chi connectivity index (χ4n) is 1.93. The molecule has 114 valence electrons. The van der Waals surface area contributed by atoms with E-state index in [2.05, 4.69) is 26.1 Å². The smallest absolute Gasteiger partial charge is 0.346 e. The number of carbonyl (C=O) groups is 1. The molecule has 0 radical (unpaired) electrons. The Balaban J connectivity index is 1.76. The number of ether oxygens (including phenoxy) is 1.